The quantitative estimate of drug-likeness (QED) is 0.518. The third-order valence-electron chi connectivity index (χ3n) is 5.35. The van der Waals surface area contributed by atoms with E-state index in [9.17, 15) is 4.79 Å². The van der Waals surface area contributed by atoms with Crippen LogP contribution in [-0.4, -0.2) is 35.8 Å². The van der Waals surface area contributed by atoms with Crippen molar-refractivity contribution in [1.29, 1.82) is 5.41 Å². The number of rotatable bonds is 6. The van der Waals surface area contributed by atoms with E-state index in [0.717, 1.165) is 22.8 Å². The summed E-state index contributed by atoms with van der Waals surface area (Å²) < 4.78 is 2.13. The van der Waals surface area contributed by atoms with Crippen LogP contribution in [0.25, 0.3) is 22.0 Å². The second-order valence-electron chi connectivity index (χ2n) is 7.14. The number of benzene rings is 2. The molecule has 0 aliphatic carbocycles. The van der Waals surface area contributed by atoms with Crippen LogP contribution in [0, 0.1) is 5.41 Å². The van der Waals surface area contributed by atoms with Gasteiger partial charge in [0.2, 0.25) is 5.91 Å². The molecular weight excluding hydrogens is 336 g/mol. The van der Waals surface area contributed by atoms with E-state index in [-0.39, 0.29) is 12.3 Å². The Kier molecular flexibility index (Phi) is 5.15. The highest BCUT2D eigenvalue weighted by Crippen LogP contribution is 2.34. The fraction of sp³-hybridized carbons (Fsp3) is 0.273. The Balaban J connectivity index is 2.09. The molecule has 1 heterocycles. The number of carbonyl (C=O) groups is 1. The summed E-state index contributed by atoms with van der Waals surface area (Å²) in [5, 5.41) is 11.8. The molecule has 0 bridgehead atoms. The van der Waals surface area contributed by atoms with Gasteiger partial charge in [-0.15, -0.1) is 0 Å². The summed E-state index contributed by atoms with van der Waals surface area (Å²) in [6.45, 7) is 2.02. The van der Waals surface area contributed by atoms with Crippen molar-refractivity contribution < 1.29 is 4.79 Å². The topological polar surface area (TPSA) is 61.1 Å². The van der Waals surface area contributed by atoms with Crippen LogP contribution in [0.5, 0.6) is 0 Å². The van der Waals surface area contributed by atoms with Crippen LogP contribution >= 0.6 is 0 Å². The third-order valence-corrected chi connectivity index (χ3v) is 5.35. The highest BCUT2D eigenvalue weighted by Gasteiger charge is 2.29. The zero-order valence-electron chi connectivity index (χ0n) is 16.3. The second kappa shape index (κ2) is 7.37. The minimum absolute atomic E-state index is 0.0988. The Morgan fingerprint density at radius 2 is 1.96 bits per heavy atom. The summed E-state index contributed by atoms with van der Waals surface area (Å²) in [7, 11) is 5.53. The predicted octanol–water partition coefficient (Wildman–Crippen LogP) is 3.74. The number of aromatic nitrogens is 1. The molecule has 0 aliphatic rings. The summed E-state index contributed by atoms with van der Waals surface area (Å²) in [4.78, 5) is 13.7. The van der Waals surface area contributed by atoms with E-state index in [1.54, 1.807) is 7.05 Å². The van der Waals surface area contributed by atoms with Crippen LogP contribution in [0.15, 0.2) is 54.7 Å². The van der Waals surface area contributed by atoms with Gasteiger partial charge in [0.1, 0.15) is 0 Å². The minimum Gasteiger partial charge on any atom is -0.350 e. The van der Waals surface area contributed by atoms with Gasteiger partial charge < -0.3 is 14.8 Å². The number of hydrogen-bond acceptors (Lipinski definition) is 3. The number of aryl methyl sites for hydroxylation is 1. The zero-order chi connectivity index (χ0) is 19.6. The molecule has 3 aromatic rings. The van der Waals surface area contributed by atoms with Crippen LogP contribution < -0.4 is 5.32 Å². The van der Waals surface area contributed by atoms with Crippen LogP contribution in [0.2, 0.25) is 0 Å². The van der Waals surface area contributed by atoms with Crippen molar-refractivity contribution >= 4 is 23.1 Å². The van der Waals surface area contributed by atoms with Gasteiger partial charge in [0.15, 0.2) is 0 Å². The first-order chi connectivity index (χ1) is 12.9. The zero-order valence-corrected chi connectivity index (χ0v) is 16.3. The number of nitrogens with zero attached hydrogens (tertiary/aromatic N) is 2. The Hall–Kier alpha value is -2.92. The summed E-state index contributed by atoms with van der Waals surface area (Å²) in [6.07, 6.45) is 3.47. The molecule has 27 heavy (non-hydrogen) atoms. The van der Waals surface area contributed by atoms with Crippen molar-refractivity contribution in [2.24, 2.45) is 7.05 Å². The molecule has 1 aromatic heterocycles. The van der Waals surface area contributed by atoms with Gasteiger partial charge in [0.05, 0.1) is 6.34 Å². The van der Waals surface area contributed by atoms with Crippen molar-refractivity contribution in [1.82, 2.24) is 14.8 Å². The van der Waals surface area contributed by atoms with Gasteiger partial charge >= 0.3 is 0 Å². The number of fused-ring (bicyclic) bond motifs is 1. The number of hydrogen-bond donors (Lipinski definition) is 2. The van der Waals surface area contributed by atoms with Crippen LogP contribution in [-0.2, 0) is 17.4 Å². The lowest BCUT2D eigenvalue weighted by atomic mass is 9.87. The van der Waals surface area contributed by atoms with Crippen LogP contribution in [0.1, 0.15) is 18.9 Å². The Bertz CT molecular complexity index is 977. The largest absolute Gasteiger partial charge is 0.350 e. The maximum Gasteiger partial charge on any atom is 0.229 e. The SMILES string of the molecule is CN[C@@](C)(CC(=O)N(C)C=N)c1ccc2c(c1)c(-c1ccccc1)cn2C. The molecule has 0 spiro atoms. The van der Waals surface area contributed by atoms with E-state index in [2.05, 4.69) is 46.4 Å². The summed E-state index contributed by atoms with van der Waals surface area (Å²) in [6, 6.07) is 16.7. The third kappa shape index (κ3) is 3.51. The van der Waals surface area contributed by atoms with E-state index < -0.39 is 5.54 Å². The second-order valence-corrected chi connectivity index (χ2v) is 7.14. The lowest BCUT2D eigenvalue weighted by Gasteiger charge is -2.30. The first-order valence-corrected chi connectivity index (χ1v) is 9.00. The number of carbonyl (C=O) groups excluding carboxylic acids is 1. The number of nitrogens with one attached hydrogen (secondary N) is 2. The van der Waals surface area contributed by atoms with Crippen molar-refractivity contribution in [3.8, 4) is 11.1 Å². The van der Waals surface area contributed by atoms with Gasteiger partial charge in [-0.25, -0.2) is 0 Å². The average Bonchev–Trinajstić information content (AvgIpc) is 3.04. The average molecular weight is 362 g/mol. The molecule has 0 saturated carbocycles. The molecule has 140 valence electrons. The fourth-order valence-corrected chi connectivity index (χ4v) is 3.42. The van der Waals surface area contributed by atoms with Crippen molar-refractivity contribution in [2.45, 2.75) is 18.9 Å². The van der Waals surface area contributed by atoms with Gasteiger partial charge in [-0.05, 0) is 37.2 Å². The Morgan fingerprint density at radius 1 is 1.26 bits per heavy atom. The first kappa shape index (κ1) is 18.9. The smallest absolute Gasteiger partial charge is 0.229 e. The van der Waals surface area contributed by atoms with Gasteiger partial charge in [0.25, 0.3) is 0 Å². The van der Waals surface area contributed by atoms with E-state index in [4.69, 9.17) is 5.41 Å². The predicted molar refractivity (Wildman–Crippen MR) is 111 cm³/mol. The Labute approximate surface area is 160 Å². The molecule has 3 rings (SSSR count). The standard InChI is InChI=1S/C22H26N4O/c1-22(24-2,13-21(27)26(4)15-23)17-10-11-20-18(12-17)19(14-25(20)3)16-8-6-5-7-9-16/h5-12,14-15,23-24H,13H2,1-4H3/t22-/m0/s1. The van der Waals surface area contributed by atoms with Crippen molar-refractivity contribution in [3.63, 3.8) is 0 Å². The number of amides is 1. The summed E-state index contributed by atoms with van der Waals surface area (Å²) in [5.41, 5.74) is 4.03. The molecular formula is C22H26N4O. The molecule has 0 fully saturated rings. The van der Waals surface area contributed by atoms with E-state index in [1.807, 2.05) is 39.2 Å². The molecule has 5 nitrogen and oxygen atoms in total. The minimum atomic E-state index is -0.521. The molecule has 0 saturated heterocycles. The molecule has 0 radical (unpaired) electrons. The molecule has 1 atom stereocenters. The normalized spacial score (nSPS) is 13.3. The van der Waals surface area contributed by atoms with E-state index in [0.29, 0.717) is 0 Å². The highest BCUT2D eigenvalue weighted by atomic mass is 16.2. The van der Waals surface area contributed by atoms with E-state index >= 15 is 0 Å². The van der Waals surface area contributed by atoms with Gasteiger partial charge in [-0.3, -0.25) is 10.2 Å². The lowest BCUT2D eigenvalue weighted by Crippen LogP contribution is -2.42. The highest BCUT2D eigenvalue weighted by molar-refractivity contribution is 5.96. The monoisotopic (exact) mass is 362 g/mol. The molecule has 1 amide bonds. The molecule has 5 heteroatoms. The maximum absolute atomic E-state index is 12.4. The summed E-state index contributed by atoms with van der Waals surface area (Å²) >= 11 is 0. The van der Waals surface area contributed by atoms with Gasteiger partial charge in [-0.2, -0.15) is 0 Å². The van der Waals surface area contributed by atoms with Crippen molar-refractivity contribution in [3.05, 3.63) is 60.3 Å². The summed E-state index contributed by atoms with van der Waals surface area (Å²) in [5.74, 6) is -0.0988. The van der Waals surface area contributed by atoms with Crippen LogP contribution in [0.4, 0.5) is 0 Å². The molecule has 0 unspecified atom stereocenters. The van der Waals surface area contributed by atoms with Crippen molar-refractivity contribution in [2.75, 3.05) is 14.1 Å². The molecule has 2 aromatic carbocycles. The fourth-order valence-electron chi connectivity index (χ4n) is 3.42. The lowest BCUT2D eigenvalue weighted by molar-refractivity contribution is -0.127. The van der Waals surface area contributed by atoms with Gasteiger partial charge in [0, 0.05) is 48.7 Å². The first-order valence-electron chi connectivity index (χ1n) is 9.00. The maximum atomic E-state index is 12.4. The molecule has 0 aliphatic heterocycles. The van der Waals surface area contributed by atoms with E-state index in [1.165, 1.54) is 16.0 Å². The Morgan fingerprint density at radius 3 is 2.59 bits per heavy atom. The molecule has 2 N–H and O–H groups in total. The van der Waals surface area contributed by atoms with Crippen LogP contribution in [0.3, 0.4) is 0 Å². The van der Waals surface area contributed by atoms with Gasteiger partial charge in [-0.1, -0.05) is 36.4 Å².